The molecule has 0 saturated carbocycles. The molecular weight excluding hydrogens is 271 g/mol. The van der Waals surface area contributed by atoms with Gasteiger partial charge in [0.05, 0.1) is 6.04 Å². The third kappa shape index (κ3) is 4.51. The molecule has 1 amide bonds. The van der Waals surface area contributed by atoms with Gasteiger partial charge in [0.2, 0.25) is 5.91 Å². The van der Waals surface area contributed by atoms with Crippen LogP contribution in [0.1, 0.15) is 31.4 Å². The van der Waals surface area contributed by atoms with Gasteiger partial charge in [-0.1, -0.05) is 25.5 Å². The van der Waals surface area contributed by atoms with Gasteiger partial charge in [0, 0.05) is 26.2 Å². The van der Waals surface area contributed by atoms with E-state index in [0.717, 1.165) is 24.9 Å². The van der Waals surface area contributed by atoms with E-state index in [0.29, 0.717) is 19.7 Å². The molecule has 21 heavy (non-hydrogen) atoms. The van der Waals surface area contributed by atoms with E-state index in [4.69, 9.17) is 4.74 Å². The maximum absolute atomic E-state index is 13.4. The quantitative estimate of drug-likeness (QED) is 0.817. The van der Waals surface area contributed by atoms with Gasteiger partial charge in [-0.25, -0.2) is 4.39 Å². The fourth-order valence-electron chi connectivity index (χ4n) is 2.50. The van der Waals surface area contributed by atoms with Gasteiger partial charge in [-0.2, -0.15) is 0 Å². The molecule has 2 rings (SSSR count). The summed E-state index contributed by atoms with van der Waals surface area (Å²) in [6, 6.07) is 6.32. The second kappa shape index (κ2) is 8.10. The number of amides is 1. The van der Waals surface area contributed by atoms with Crippen LogP contribution >= 0.6 is 0 Å². The minimum Gasteiger partial charge on any atom is -0.372 e. The monoisotopic (exact) mass is 294 g/mol. The maximum Gasteiger partial charge on any atom is 0.249 e. The topological polar surface area (TPSA) is 41.6 Å². The second-order valence-electron chi connectivity index (χ2n) is 5.27. The molecular formula is C16H23FN2O2. The molecule has 1 aliphatic rings. The van der Waals surface area contributed by atoms with Crippen LogP contribution in [0.4, 0.5) is 4.39 Å². The third-order valence-corrected chi connectivity index (χ3v) is 3.66. The lowest BCUT2D eigenvalue weighted by atomic mass is 10.0. The van der Waals surface area contributed by atoms with Crippen LogP contribution < -0.4 is 5.32 Å². The summed E-state index contributed by atoms with van der Waals surface area (Å²) >= 11 is 0. The van der Waals surface area contributed by atoms with E-state index in [9.17, 15) is 9.18 Å². The van der Waals surface area contributed by atoms with Crippen molar-refractivity contribution in [2.24, 2.45) is 0 Å². The summed E-state index contributed by atoms with van der Waals surface area (Å²) in [6.07, 6.45) is 2.01. The van der Waals surface area contributed by atoms with Crippen molar-refractivity contribution in [3.63, 3.8) is 0 Å². The highest BCUT2D eigenvalue weighted by Crippen LogP contribution is 2.23. The number of nitrogens with one attached hydrogen (secondary N) is 1. The van der Waals surface area contributed by atoms with Gasteiger partial charge in [-0.15, -0.1) is 0 Å². The van der Waals surface area contributed by atoms with Crippen molar-refractivity contribution in [2.75, 3.05) is 32.8 Å². The first-order valence-electron chi connectivity index (χ1n) is 7.55. The van der Waals surface area contributed by atoms with Gasteiger partial charge in [0.1, 0.15) is 12.4 Å². The number of benzene rings is 1. The summed E-state index contributed by atoms with van der Waals surface area (Å²) in [6.45, 7) is 4.82. The Balaban J connectivity index is 2.00. The molecule has 0 aliphatic carbocycles. The van der Waals surface area contributed by atoms with Crippen molar-refractivity contribution >= 4 is 5.91 Å². The normalized spacial score (nSPS) is 18.8. The lowest BCUT2D eigenvalue weighted by Crippen LogP contribution is -2.49. The zero-order valence-electron chi connectivity index (χ0n) is 12.5. The highest BCUT2D eigenvalue weighted by atomic mass is 19.1. The molecule has 0 aromatic heterocycles. The van der Waals surface area contributed by atoms with Gasteiger partial charge in [-0.3, -0.25) is 4.79 Å². The molecule has 1 unspecified atom stereocenters. The Morgan fingerprint density at radius 2 is 2.38 bits per heavy atom. The van der Waals surface area contributed by atoms with Crippen molar-refractivity contribution in [2.45, 2.75) is 25.8 Å². The average Bonchev–Trinajstić information content (AvgIpc) is 2.51. The third-order valence-electron chi connectivity index (χ3n) is 3.66. The van der Waals surface area contributed by atoms with E-state index >= 15 is 0 Å². The number of unbranched alkanes of at least 4 members (excludes halogenated alkanes) is 1. The highest BCUT2D eigenvalue weighted by molar-refractivity contribution is 5.78. The molecule has 1 N–H and O–H groups in total. The van der Waals surface area contributed by atoms with Crippen molar-refractivity contribution < 1.29 is 13.9 Å². The summed E-state index contributed by atoms with van der Waals surface area (Å²) < 4.78 is 18.8. The number of piperazine rings is 1. The Bertz CT molecular complexity index is 467. The van der Waals surface area contributed by atoms with Crippen LogP contribution in [0.3, 0.4) is 0 Å². The molecule has 0 spiro atoms. The Hall–Kier alpha value is -1.46. The minimum absolute atomic E-state index is 0.0261. The molecule has 1 aromatic rings. The zero-order valence-corrected chi connectivity index (χ0v) is 12.5. The van der Waals surface area contributed by atoms with Crippen molar-refractivity contribution in [3.8, 4) is 0 Å². The summed E-state index contributed by atoms with van der Waals surface area (Å²) in [5.41, 5.74) is 0.823. The highest BCUT2D eigenvalue weighted by Gasteiger charge is 2.27. The molecule has 116 valence electrons. The van der Waals surface area contributed by atoms with Gasteiger partial charge in [-0.05, 0) is 24.1 Å². The minimum atomic E-state index is -0.273. The van der Waals surface area contributed by atoms with Crippen LogP contribution in [0.15, 0.2) is 24.3 Å². The van der Waals surface area contributed by atoms with Crippen LogP contribution in [0, 0.1) is 5.82 Å². The number of ether oxygens (including phenoxy) is 1. The predicted molar refractivity (Wildman–Crippen MR) is 79.5 cm³/mol. The maximum atomic E-state index is 13.4. The van der Waals surface area contributed by atoms with Crippen molar-refractivity contribution in [3.05, 3.63) is 35.6 Å². The molecule has 1 atom stereocenters. The molecule has 1 heterocycles. The Labute approximate surface area is 125 Å². The van der Waals surface area contributed by atoms with E-state index in [1.807, 2.05) is 6.07 Å². The van der Waals surface area contributed by atoms with Crippen LogP contribution in [0.2, 0.25) is 0 Å². The van der Waals surface area contributed by atoms with Crippen LogP contribution in [0.25, 0.3) is 0 Å². The SMILES string of the molecule is CCCCOCC(=O)N1CCNCC1c1cccc(F)c1. The summed E-state index contributed by atoms with van der Waals surface area (Å²) in [5, 5.41) is 3.26. The number of hydrogen-bond donors (Lipinski definition) is 1. The number of halogens is 1. The van der Waals surface area contributed by atoms with E-state index < -0.39 is 0 Å². The first kappa shape index (κ1) is 15.9. The van der Waals surface area contributed by atoms with E-state index in [-0.39, 0.29) is 24.4 Å². The number of carbonyl (C=O) groups excluding carboxylic acids is 1. The van der Waals surface area contributed by atoms with Crippen LogP contribution in [-0.2, 0) is 9.53 Å². The van der Waals surface area contributed by atoms with Crippen molar-refractivity contribution in [1.29, 1.82) is 0 Å². The number of carbonyl (C=O) groups is 1. The lowest BCUT2D eigenvalue weighted by molar-refractivity contribution is -0.139. The molecule has 0 radical (unpaired) electrons. The van der Waals surface area contributed by atoms with Gasteiger partial charge in [0.15, 0.2) is 0 Å². The molecule has 4 nitrogen and oxygen atoms in total. The Morgan fingerprint density at radius 3 is 3.14 bits per heavy atom. The van der Waals surface area contributed by atoms with Crippen molar-refractivity contribution in [1.82, 2.24) is 10.2 Å². The fraction of sp³-hybridized carbons (Fsp3) is 0.562. The van der Waals surface area contributed by atoms with Gasteiger partial charge in [0.25, 0.3) is 0 Å². The molecule has 1 saturated heterocycles. The molecule has 1 aliphatic heterocycles. The van der Waals surface area contributed by atoms with E-state index in [1.54, 1.807) is 11.0 Å². The molecule has 5 heteroatoms. The molecule has 1 aromatic carbocycles. The standard InChI is InChI=1S/C16H23FN2O2/c1-2-3-9-21-12-16(20)19-8-7-18-11-15(19)13-5-4-6-14(17)10-13/h4-6,10,15,18H,2-3,7-9,11-12H2,1H3. The summed E-state index contributed by atoms with van der Waals surface area (Å²) in [7, 11) is 0. The Kier molecular flexibility index (Phi) is 6.14. The summed E-state index contributed by atoms with van der Waals surface area (Å²) in [4.78, 5) is 14.1. The first-order valence-corrected chi connectivity index (χ1v) is 7.55. The molecule has 0 bridgehead atoms. The van der Waals surface area contributed by atoms with E-state index in [1.165, 1.54) is 12.1 Å². The average molecular weight is 294 g/mol. The van der Waals surface area contributed by atoms with Crippen LogP contribution in [-0.4, -0.2) is 43.7 Å². The number of hydrogen-bond acceptors (Lipinski definition) is 3. The van der Waals surface area contributed by atoms with Gasteiger partial charge < -0.3 is 15.0 Å². The lowest BCUT2D eigenvalue weighted by Gasteiger charge is -2.36. The Morgan fingerprint density at radius 1 is 1.52 bits per heavy atom. The second-order valence-corrected chi connectivity index (χ2v) is 5.27. The number of nitrogens with zero attached hydrogens (tertiary/aromatic N) is 1. The largest absolute Gasteiger partial charge is 0.372 e. The predicted octanol–water partition coefficient (Wildman–Crippen LogP) is 2.12. The van der Waals surface area contributed by atoms with Gasteiger partial charge >= 0.3 is 0 Å². The fourth-order valence-corrected chi connectivity index (χ4v) is 2.50. The van der Waals surface area contributed by atoms with E-state index in [2.05, 4.69) is 12.2 Å². The number of rotatable bonds is 6. The molecule has 1 fully saturated rings. The van der Waals surface area contributed by atoms with Crippen LogP contribution in [0.5, 0.6) is 0 Å². The smallest absolute Gasteiger partial charge is 0.249 e. The summed E-state index contributed by atoms with van der Waals surface area (Å²) in [5.74, 6) is -0.300. The zero-order chi connectivity index (χ0) is 15.1. The first-order chi connectivity index (χ1) is 10.2.